The Balaban J connectivity index is 2.64. The van der Waals surface area contributed by atoms with E-state index in [1.165, 1.54) is 12.1 Å². The maximum absolute atomic E-state index is 10.6. The van der Waals surface area contributed by atoms with Gasteiger partial charge in [0, 0.05) is 16.7 Å². The van der Waals surface area contributed by atoms with Crippen LogP contribution in [0.3, 0.4) is 0 Å². The van der Waals surface area contributed by atoms with E-state index >= 15 is 0 Å². The van der Waals surface area contributed by atoms with Crippen LogP contribution in [0.25, 0.3) is 0 Å². The number of ether oxygens (including phenoxy) is 1. The zero-order valence-corrected chi connectivity index (χ0v) is 7.82. The quantitative estimate of drug-likeness (QED) is 0.569. The van der Waals surface area contributed by atoms with E-state index in [-0.39, 0.29) is 24.1 Å². The highest BCUT2D eigenvalue weighted by molar-refractivity contribution is 6.31. The van der Waals surface area contributed by atoms with E-state index in [1.807, 2.05) is 0 Å². The van der Waals surface area contributed by atoms with Crippen molar-refractivity contribution in [1.29, 1.82) is 0 Å². The molecule has 1 heterocycles. The van der Waals surface area contributed by atoms with E-state index in [4.69, 9.17) is 22.1 Å². The van der Waals surface area contributed by atoms with Gasteiger partial charge in [0.15, 0.2) is 0 Å². The molecule has 1 aliphatic rings. The van der Waals surface area contributed by atoms with Gasteiger partial charge in [-0.05, 0) is 6.07 Å². The molecular weight excluding hydrogens is 208 g/mol. The van der Waals surface area contributed by atoms with Gasteiger partial charge in [-0.2, -0.15) is 0 Å². The zero-order chi connectivity index (χ0) is 10.3. The molecule has 0 saturated heterocycles. The number of nitro groups is 1. The number of fused-ring (bicyclic) bond motifs is 1. The number of benzene rings is 1. The molecule has 1 aliphatic heterocycles. The van der Waals surface area contributed by atoms with Gasteiger partial charge in [0.05, 0.1) is 11.0 Å². The third-order valence-electron chi connectivity index (χ3n) is 2.10. The zero-order valence-electron chi connectivity index (χ0n) is 7.07. The Morgan fingerprint density at radius 1 is 1.64 bits per heavy atom. The van der Waals surface area contributed by atoms with E-state index in [2.05, 4.69) is 0 Å². The van der Waals surface area contributed by atoms with Crippen molar-refractivity contribution in [3.63, 3.8) is 0 Å². The van der Waals surface area contributed by atoms with Crippen molar-refractivity contribution in [3.8, 4) is 5.75 Å². The summed E-state index contributed by atoms with van der Waals surface area (Å²) in [5.41, 5.74) is 6.13. The fraction of sp³-hybridized carbons (Fsp3) is 0.250. The third-order valence-corrected chi connectivity index (χ3v) is 2.43. The Morgan fingerprint density at radius 3 is 3.00 bits per heavy atom. The molecule has 1 aromatic rings. The molecule has 5 nitrogen and oxygen atoms in total. The number of hydrogen-bond acceptors (Lipinski definition) is 4. The summed E-state index contributed by atoms with van der Waals surface area (Å²) in [5, 5.41) is 11.0. The summed E-state index contributed by atoms with van der Waals surface area (Å²) in [6.07, 6.45) is 0. The second kappa shape index (κ2) is 3.11. The Labute approximate surface area is 84.6 Å². The van der Waals surface area contributed by atoms with Crippen LogP contribution in [0.15, 0.2) is 12.1 Å². The van der Waals surface area contributed by atoms with E-state index in [1.54, 1.807) is 0 Å². The Bertz CT molecular complexity index is 408. The molecule has 0 amide bonds. The molecule has 1 aromatic carbocycles. The summed E-state index contributed by atoms with van der Waals surface area (Å²) < 4.78 is 5.13. The van der Waals surface area contributed by atoms with Gasteiger partial charge in [-0.1, -0.05) is 11.6 Å². The first kappa shape index (κ1) is 9.23. The van der Waals surface area contributed by atoms with Crippen LogP contribution in [0.4, 0.5) is 5.69 Å². The highest BCUT2D eigenvalue weighted by Gasteiger charge is 2.31. The molecule has 0 saturated carbocycles. The lowest BCUT2D eigenvalue weighted by Gasteiger charge is -2.03. The molecule has 0 aliphatic carbocycles. The van der Waals surface area contributed by atoms with Crippen molar-refractivity contribution >= 4 is 17.3 Å². The van der Waals surface area contributed by atoms with Gasteiger partial charge in [-0.25, -0.2) is 0 Å². The predicted molar refractivity (Wildman–Crippen MR) is 50.5 cm³/mol. The van der Waals surface area contributed by atoms with Crippen LogP contribution in [-0.4, -0.2) is 11.5 Å². The minimum atomic E-state index is -0.507. The molecule has 2 N–H and O–H groups in total. The maximum atomic E-state index is 10.6. The summed E-state index contributed by atoms with van der Waals surface area (Å²) in [6, 6.07) is 2.41. The van der Waals surface area contributed by atoms with Gasteiger partial charge >= 0.3 is 5.69 Å². The number of nitro benzene ring substituents is 1. The number of nitrogens with two attached hydrogens (primary N) is 1. The number of nitrogens with zero attached hydrogens (tertiary/aromatic N) is 1. The lowest BCUT2D eigenvalue weighted by atomic mass is 10.1. The second-order valence-corrected chi connectivity index (χ2v) is 3.39. The van der Waals surface area contributed by atoms with Crippen LogP contribution in [0, 0.1) is 10.1 Å². The first-order valence-corrected chi connectivity index (χ1v) is 4.34. The maximum Gasteiger partial charge on any atom is 0.311 e. The highest BCUT2D eigenvalue weighted by atomic mass is 35.5. The topological polar surface area (TPSA) is 78.4 Å². The standard InChI is InChI=1S/C8H7ClN2O3/c9-4-1-2-6(11(12)13)8-7(4)5(10)3-14-8/h1-2,5H,3,10H2/t5-/m0/s1. The van der Waals surface area contributed by atoms with E-state index in [0.29, 0.717) is 10.6 Å². The largest absolute Gasteiger partial charge is 0.485 e. The fourth-order valence-corrected chi connectivity index (χ4v) is 1.75. The van der Waals surface area contributed by atoms with Gasteiger partial charge in [-0.3, -0.25) is 10.1 Å². The first-order chi connectivity index (χ1) is 6.61. The number of halogens is 1. The molecular formula is C8H7ClN2O3. The molecule has 0 radical (unpaired) electrons. The number of rotatable bonds is 1. The Hall–Kier alpha value is -1.33. The lowest BCUT2D eigenvalue weighted by Crippen LogP contribution is -2.11. The van der Waals surface area contributed by atoms with Gasteiger partial charge < -0.3 is 10.5 Å². The van der Waals surface area contributed by atoms with Crippen molar-refractivity contribution < 1.29 is 9.66 Å². The van der Waals surface area contributed by atoms with E-state index in [9.17, 15) is 10.1 Å². The summed E-state index contributed by atoms with van der Waals surface area (Å²) >= 11 is 5.86. The van der Waals surface area contributed by atoms with Gasteiger partial charge in [0.25, 0.3) is 0 Å². The summed E-state index contributed by atoms with van der Waals surface area (Å²) in [4.78, 5) is 10.1. The normalized spacial score (nSPS) is 18.9. The van der Waals surface area contributed by atoms with Gasteiger partial charge in [0.1, 0.15) is 6.61 Å². The van der Waals surface area contributed by atoms with Crippen LogP contribution >= 0.6 is 11.6 Å². The number of hydrogen-bond donors (Lipinski definition) is 1. The third kappa shape index (κ3) is 1.21. The molecule has 0 spiro atoms. The van der Waals surface area contributed by atoms with Gasteiger partial charge in [0.2, 0.25) is 5.75 Å². The molecule has 14 heavy (non-hydrogen) atoms. The van der Waals surface area contributed by atoms with Crippen molar-refractivity contribution in [1.82, 2.24) is 0 Å². The van der Waals surface area contributed by atoms with Crippen LogP contribution < -0.4 is 10.5 Å². The molecule has 0 fully saturated rings. The smallest absolute Gasteiger partial charge is 0.311 e. The summed E-state index contributed by atoms with van der Waals surface area (Å²) in [7, 11) is 0. The van der Waals surface area contributed by atoms with Crippen molar-refractivity contribution in [2.24, 2.45) is 5.73 Å². The van der Waals surface area contributed by atoms with Crippen LogP contribution in [0.5, 0.6) is 5.75 Å². The molecule has 74 valence electrons. The molecule has 0 aromatic heterocycles. The van der Waals surface area contributed by atoms with Gasteiger partial charge in [-0.15, -0.1) is 0 Å². The predicted octanol–water partition coefficient (Wildman–Crippen LogP) is 1.64. The Kier molecular flexibility index (Phi) is 2.05. The lowest BCUT2D eigenvalue weighted by molar-refractivity contribution is -0.385. The minimum Gasteiger partial charge on any atom is -0.485 e. The molecule has 1 atom stereocenters. The van der Waals surface area contributed by atoms with Crippen molar-refractivity contribution in [2.45, 2.75) is 6.04 Å². The van der Waals surface area contributed by atoms with Crippen LogP contribution in [0.1, 0.15) is 11.6 Å². The highest BCUT2D eigenvalue weighted by Crippen LogP contribution is 2.42. The molecule has 0 unspecified atom stereocenters. The Morgan fingerprint density at radius 2 is 2.36 bits per heavy atom. The van der Waals surface area contributed by atoms with Crippen LogP contribution in [0.2, 0.25) is 5.02 Å². The first-order valence-electron chi connectivity index (χ1n) is 3.96. The average Bonchev–Trinajstić information content (AvgIpc) is 2.49. The van der Waals surface area contributed by atoms with Crippen molar-refractivity contribution in [3.05, 3.63) is 32.8 Å². The van der Waals surface area contributed by atoms with E-state index < -0.39 is 4.92 Å². The molecule has 2 rings (SSSR count). The summed E-state index contributed by atoms with van der Waals surface area (Å²) in [5.74, 6) is 0.204. The van der Waals surface area contributed by atoms with Crippen LogP contribution in [-0.2, 0) is 0 Å². The summed E-state index contributed by atoms with van der Waals surface area (Å²) in [6.45, 7) is 0.236. The molecule has 0 bridgehead atoms. The molecule has 6 heteroatoms. The monoisotopic (exact) mass is 214 g/mol. The average molecular weight is 215 g/mol. The van der Waals surface area contributed by atoms with Crippen molar-refractivity contribution in [2.75, 3.05) is 6.61 Å². The minimum absolute atomic E-state index is 0.0858. The fourth-order valence-electron chi connectivity index (χ4n) is 1.46. The van der Waals surface area contributed by atoms with E-state index in [0.717, 1.165) is 0 Å². The second-order valence-electron chi connectivity index (χ2n) is 2.98. The SMILES string of the molecule is N[C@H]1COc2c([N+](=O)[O-])ccc(Cl)c21.